The van der Waals surface area contributed by atoms with E-state index in [0.29, 0.717) is 32.2 Å². The van der Waals surface area contributed by atoms with Crippen LogP contribution < -0.4 is 5.32 Å². The van der Waals surface area contributed by atoms with Crippen molar-refractivity contribution >= 4 is 11.8 Å². The summed E-state index contributed by atoms with van der Waals surface area (Å²) in [4.78, 5) is 26.7. The largest absolute Gasteiger partial charge is 0.376 e. The smallest absolute Gasteiger partial charge is 0.254 e. The molecule has 0 bridgehead atoms. The van der Waals surface area contributed by atoms with Crippen LogP contribution in [-0.2, 0) is 9.53 Å². The van der Waals surface area contributed by atoms with Crippen LogP contribution in [0.2, 0.25) is 0 Å². The van der Waals surface area contributed by atoms with Crippen molar-refractivity contribution in [2.75, 3.05) is 19.7 Å². The van der Waals surface area contributed by atoms with Crippen LogP contribution in [0.4, 0.5) is 0 Å². The molecule has 1 aromatic carbocycles. The van der Waals surface area contributed by atoms with Gasteiger partial charge < -0.3 is 15.0 Å². The van der Waals surface area contributed by atoms with E-state index in [2.05, 4.69) is 5.32 Å². The van der Waals surface area contributed by atoms with Crippen molar-refractivity contribution in [2.45, 2.75) is 38.3 Å². The van der Waals surface area contributed by atoms with Gasteiger partial charge in [-0.15, -0.1) is 0 Å². The molecule has 2 aliphatic heterocycles. The third-order valence-electron chi connectivity index (χ3n) is 5.49. The number of carbonyl (C=O) groups excluding carboxylic acids is 2. The van der Waals surface area contributed by atoms with E-state index in [1.807, 2.05) is 36.1 Å². The van der Waals surface area contributed by atoms with Crippen molar-refractivity contribution in [1.29, 1.82) is 0 Å². The second-order valence-corrected chi connectivity index (χ2v) is 7.37. The average molecular weight is 328 g/mol. The number of rotatable bonds is 4. The van der Waals surface area contributed by atoms with Crippen molar-refractivity contribution in [2.24, 2.45) is 11.8 Å². The van der Waals surface area contributed by atoms with Crippen LogP contribution in [0, 0.1) is 18.8 Å². The Morgan fingerprint density at radius 2 is 2.04 bits per heavy atom. The maximum Gasteiger partial charge on any atom is 0.254 e. The highest BCUT2D eigenvalue weighted by atomic mass is 16.5. The molecule has 1 aliphatic carbocycles. The second kappa shape index (κ2) is 6.20. The van der Waals surface area contributed by atoms with Gasteiger partial charge in [-0.05, 0) is 37.3 Å². The van der Waals surface area contributed by atoms with E-state index >= 15 is 0 Å². The molecule has 2 amide bonds. The predicted molar refractivity (Wildman–Crippen MR) is 89.6 cm³/mol. The summed E-state index contributed by atoms with van der Waals surface area (Å²) in [7, 11) is 0. The highest BCUT2D eigenvalue weighted by Crippen LogP contribution is 2.36. The Labute approximate surface area is 142 Å². The molecule has 0 unspecified atom stereocenters. The number of aryl methyl sites for hydroxylation is 1. The fourth-order valence-electron chi connectivity index (χ4n) is 3.91. The van der Waals surface area contributed by atoms with Crippen molar-refractivity contribution in [1.82, 2.24) is 10.2 Å². The molecule has 0 spiro atoms. The Bertz CT molecular complexity index is 656. The molecular weight excluding hydrogens is 304 g/mol. The average Bonchev–Trinajstić information content (AvgIpc) is 3.14. The third kappa shape index (κ3) is 3.05. The molecule has 3 aliphatic rings. The molecule has 2 heterocycles. The van der Waals surface area contributed by atoms with Crippen LogP contribution >= 0.6 is 0 Å². The zero-order chi connectivity index (χ0) is 16.7. The van der Waals surface area contributed by atoms with E-state index in [1.165, 1.54) is 0 Å². The first-order chi connectivity index (χ1) is 11.6. The highest BCUT2D eigenvalue weighted by molar-refractivity contribution is 5.95. The van der Waals surface area contributed by atoms with E-state index in [9.17, 15) is 9.59 Å². The molecule has 3 atom stereocenters. The van der Waals surface area contributed by atoms with Crippen LogP contribution in [-0.4, -0.2) is 48.6 Å². The Hall–Kier alpha value is -1.88. The van der Waals surface area contributed by atoms with Gasteiger partial charge in [0.05, 0.1) is 12.7 Å². The minimum absolute atomic E-state index is 0.0762. The molecule has 1 aromatic rings. The van der Waals surface area contributed by atoms with E-state index in [1.54, 1.807) is 0 Å². The first-order valence-corrected chi connectivity index (χ1v) is 8.87. The lowest BCUT2D eigenvalue weighted by Crippen LogP contribution is -2.33. The van der Waals surface area contributed by atoms with Gasteiger partial charge in [-0.1, -0.05) is 18.2 Å². The van der Waals surface area contributed by atoms with Gasteiger partial charge in [0.25, 0.3) is 5.91 Å². The number of benzene rings is 1. The van der Waals surface area contributed by atoms with Crippen molar-refractivity contribution in [3.05, 3.63) is 35.4 Å². The first kappa shape index (κ1) is 15.6. The number of carbonyl (C=O) groups is 2. The number of ether oxygens (including phenoxy) is 1. The molecule has 0 aromatic heterocycles. The SMILES string of the molecule is Cc1ccccc1C(=O)N1C[C@@H]2[C@H](CC(=O)NC3CC3)CO[C@@H]2C1. The molecule has 0 radical (unpaired) electrons. The van der Waals surface area contributed by atoms with Crippen molar-refractivity contribution in [3.63, 3.8) is 0 Å². The lowest BCUT2D eigenvalue weighted by Gasteiger charge is -2.20. The molecule has 1 saturated carbocycles. The number of likely N-dealkylation sites (tertiary alicyclic amines) is 1. The zero-order valence-corrected chi connectivity index (χ0v) is 14.0. The van der Waals surface area contributed by atoms with Gasteiger partial charge in [0, 0.05) is 37.0 Å². The Kier molecular flexibility index (Phi) is 4.04. The zero-order valence-electron chi connectivity index (χ0n) is 14.0. The minimum atomic E-state index is 0.0762. The Morgan fingerprint density at radius 1 is 1.25 bits per heavy atom. The summed E-state index contributed by atoms with van der Waals surface area (Å²) in [6.45, 7) is 3.93. The monoisotopic (exact) mass is 328 g/mol. The van der Waals surface area contributed by atoms with E-state index in [4.69, 9.17) is 4.74 Å². The minimum Gasteiger partial charge on any atom is -0.376 e. The molecule has 5 heteroatoms. The maximum absolute atomic E-state index is 12.8. The van der Waals surface area contributed by atoms with Crippen molar-refractivity contribution < 1.29 is 14.3 Å². The topological polar surface area (TPSA) is 58.6 Å². The number of fused-ring (bicyclic) bond motifs is 1. The van der Waals surface area contributed by atoms with Crippen LogP contribution in [0.3, 0.4) is 0 Å². The van der Waals surface area contributed by atoms with Crippen LogP contribution in [0.5, 0.6) is 0 Å². The van der Waals surface area contributed by atoms with Gasteiger partial charge in [0.15, 0.2) is 0 Å². The number of amides is 2. The van der Waals surface area contributed by atoms with Crippen LogP contribution in [0.25, 0.3) is 0 Å². The van der Waals surface area contributed by atoms with Gasteiger partial charge in [0.2, 0.25) is 5.91 Å². The highest BCUT2D eigenvalue weighted by Gasteiger charge is 2.46. The molecule has 5 nitrogen and oxygen atoms in total. The molecule has 24 heavy (non-hydrogen) atoms. The third-order valence-corrected chi connectivity index (χ3v) is 5.49. The number of hydrogen-bond donors (Lipinski definition) is 1. The van der Waals surface area contributed by atoms with Gasteiger partial charge >= 0.3 is 0 Å². The standard InChI is InChI=1S/C19H24N2O3/c1-12-4-2-3-5-15(12)19(23)21-9-16-13(11-24-17(16)10-21)8-18(22)20-14-6-7-14/h2-5,13-14,16-17H,6-11H2,1H3,(H,20,22)/t13-,16-,17-/m1/s1. The molecular formula is C19H24N2O3. The lowest BCUT2D eigenvalue weighted by molar-refractivity contribution is -0.122. The van der Waals surface area contributed by atoms with Gasteiger partial charge in [-0.2, -0.15) is 0 Å². The molecule has 2 saturated heterocycles. The summed E-state index contributed by atoms with van der Waals surface area (Å²) in [6.07, 6.45) is 2.82. The molecule has 1 N–H and O–H groups in total. The quantitative estimate of drug-likeness (QED) is 0.916. The predicted octanol–water partition coefficient (Wildman–Crippen LogP) is 1.75. The van der Waals surface area contributed by atoms with E-state index in [0.717, 1.165) is 24.0 Å². The Balaban J connectivity index is 1.39. The molecule has 3 fully saturated rings. The molecule has 4 rings (SSSR count). The fraction of sp³-hybridized carbons (Fsp3) is 0.579. The summed E-state index contributed by atoms with van der Waals surface area (Å²) in [5.41, 5.74) is 1.77. The maximum atomic E-state index is 12.8. The number of nitrogens with one attached hydrogen (secondary N) is 1. The van der Waals surface area contributed by atoms with Crippen LogP contribution in [0.15, 0.2) is 24.3 Å². The van der Waals surface area contributed by atoms with Crippen molar-refractivity contribution in [3.8, 4) is 0 Å². The van der Waals surface area contributed by atoms with E-state index in [-0.39, 0.29) is 29.8 Å². The summed E-state index contributed by atoms with van der Waals surface area (Å²) in [5.74, 6) is 0.717. The number of hydrogen-bond acceptors (Lipinski definition) is 3. The summed E-state index contributed by atoms with van der Waals surface area (Å²) in [5, 5.41) is 3.05. The summed E-state index contributed by atoms with van der Waals surface area (Å²) < 4.78 is 5.88. The van der Waals surface area contributed by atoms with Gasteiger partial charge in [-0.25, -0.2) is 0 Å². The lowest BCUT2D eigenvalue weighted by atomic mass is 9.90. The van der Waals surface area contributed by atoms with E-state index < -0.39 is 0 Å². The summed E-state index contributed by atoms with van der Waals surface area (Å²) >= 11 is 0. The van der Waals surface area contributed by atoms with Gasteiger partial charge in [-0.3, -0.25) is 9.59 Å². The second-order valence-electron chi connectivity index (χ2n) is 7.37. The molecule has 128 valence electrons. The Morgan fingerprint density at radius 3 is 2.79 bits per heavy atom. The fourth-order valence-corrected chi connectivity index (χ4v) is 3.91. The van der Waals surface area contributed by atoms with Crippen LogP contribution in [0.1, 0.15) is 35.2 Å². The first-order valence-electron chi connectivity index (χ1n) is 8.87. The normalized spacial score (nSPS) is 28.7. The summed E-state index contributed by atoms with van der Waals surface area (Å²) in [6, 6.07) is 8.10. The van der Waals surface area contributed by atoms with Gasteiger partial charge in [0.1, 0.15) is 0 Å². The number of nitrogens with zero attached hydrogens (tertiary/aromatic N) is 1.